The van der Waals surface area contributed by atoms with Crippen LogP contribution in [0.15, 0.2) is 6.20 Å². The summed E-state index contributed by atoms with van der Waals surface area (Å²) in [7, 11) is 1.84. The highest BCUT2D eigenvalue weighted by molar-refractivity contribution is 5.87. The first-order chi connectivity index (χ1) is 10.2. The van der Waals surface area contributed by atoms with Gasteiger partial charge in [-0.25, -0.2) is 0 Å². The van der Waals surface area contributed by atoms with E-state index in [1.165, 1.54) is 6.42 Å². The van der Waals surface area contributed by atoms with Gasteiger partial charge in [0.25, 0.3) is 0 Å². The molecule has 2 N–H and O–H groups in total. The van der Waals surface area contributed by atoms with Gasteiger partial charge in [0.1, 0.15) is 5.82 Å². The molecule has 0 spiro atoms. The van der Waals surface area contributed by atoms with Crippen molar-refractivity contribution in [3.8, 4) is 0 Å². The number of aromatic nitrogens is 4. The monoisotopic (exact) mass is 289 g/mol. The van der Waals surface area contributed by atoms with Crippen molar-refractivity contribution in [3.63, 3.8) is 0 Å². The number of aromatic amines is 1. The molecule has 0 amide bonds. The average molecular weight is 289 g/mol. The molecule has 0 bridgehead atoms. The van der Waals surface area contributed by atoms with Crippen molar-refractivity contribution in [3.05, 3.63) is 6.20 Å². The first-order valence-electron chi connectivity index (χ1n) is 7.60. The molecule has 0 aromatic carbocycles. The van der Waals surface area contributed by atoms with Crippen molar-refractivity contribution < 1.29 is 0 Å². The van der Waals surface area contributed by atoms with Crippen LogP contribution in [0.3, 0.4) is 0 Å². The van der Waals surface area contributed by atoms with Crippen molar-refractivity contribution in [2.75, 3.05) is 43.4 Å². The van der Waals surface area contributed by atoms with E-state index in [0.717, 1.165) is 43.0 Å². The Bertz CT molecular complexity index is 600. The van der Waals surface area contributed by atoms with E-state index in [2.05, 4.69) is 49.1 Å². The van der Waals surface area contributed by atoms with Gasteiger partial charge < -0.3 is 10.2 Å². The summed E-state index contributed by atoms with van der Waals surface area (Å²) in [5.74, 6) is 1.60. The molecule has 2 aromatic rings. The molecule has 114 valence electrons. The summed E-state index contributed by atoms with van der Waals surface area (Å²) in [5, 5.41) is 11.0. The fourth-order valence-electron chi connectivity index (χ4n) is 2.81. The molecule has 1 aliphatic rings. The molecular weight excluding hydrogens is 266 g/mol. The summed E-state index contributed by atoms with van der Waals surface area (Å²) < 4.78 is 0. The number of nitrogens with one attached hydrogen (secondary N) is 2. The number of hydrogen-bond acceptors (Lipinski definition) is 6. The lowest BCUT2D eigenvalue weighted by molar-refractivity contribution is 0.192. The summed E-state index contributed by atoms with van der Waals surface area (Å²) in [6, 6.07) is 0.652. The van der Waals surface area contributed by atoms with Gasteiger partial charge in [0.15, 0.2) is 5.65 Å². The molecule has 7 heteroatoms. The van der Waals surface area contributed by atoms with E-state index >= 15 is 0 Å². The largest absolute Gasteiger partial charge is 0.357 e. The Morgan fingerprint density at radius 1 is 1.29 bits per heavy atom. The van der Waals surface area contributed by atoms with Gasteiger partial charge in [-0.15, -0.1) is 0 Å². The van der Waals surface area contributed by atoms with Crippen LogP contribution in [0.5, 0.6) is 0 Å². The zero-order chi connectivity index (χ0) is 14.8. The van der Waals surface area contributed by atoms with Crippen molar-refractivity contribution in [1.82, 2.24) is 25.1 Å². The molecule has 7 nitrogen and oxygen atoms in total. The second-order valence-electron chi connectivity index (χ2n) is 5.53. The number of rotatable bonds is 4. The number of H-pyrrole nitrogens is 1. The topological polar surface area (TPSA) is 73.0 Å². The fourth-order valence-corrected chi connectivity index (χ4v) is 2.81. The van der Waals surface area contributed by atoms with E-state index in [1.807, 2.05) is 13.2 Å². The van der Waals surface area contributed by atoms with Crippen LogP contribution in [0.25, 0.3) is 11.0 Å². The first-order valence-corrected chi connectivity index (χ1v) is 7.60. The van der Waals surface area contributed by atoms with E-state index < -0.39 is 0 Å². The van der Waals surface area contributed by atoms with Crippen molar-refractivity contribution in [2.45, 2.75) is 26.3 Å². The van der Waals surface area contributed by atoms with Gasteiger partial charge in [-0.05, 0) is 13.3 Å². The summed E-state index contributed by atoms with van der Waals surface area (Å²) in [6.07, 6.45) is 3.01. The molecule has 0 aliphatic carbocycles. The lowest BCUT2D eigenvalue weighted by Crippen LogP contribution is -2.49. The minimum atomic E-state index is 0.631. The molecule has 1 fully saturated rings. The van der Waals surface area contributed by atoms with Gasteiger partial charge in [-0.3, -0.25) is 10.00 Å². The molecule has 1 aliphatic heterocycles. The van der Waals surface area contributed by atoms with Gasteiger partial charge in [0.2, 0.25) is 5.95 Å². The molecule has 3 rings (SSSR count). The number of nitrogens with zero attached hydrogens (tertiary/aromatic N) is 5. The standard InChI is InChI=1S/C14H23N7/c1-4-10(2)20-5-7-21(8-6-20)13-11-9-16-19-12(11)17-14(15-3)18-13/h9-10H,4-8H2,1-3H3,(H2,15,16,17,18,19). The highest BCUT2D eigenvalue weighted by atomic mass is 15.3. The zero-order valence-electron chi connectivity index (χ0n) is 12.9. The second-order valence-corrected chi connectivity index (χ2v) is 5.53. The Labute approximate surface area is 124 Å². The Morgan fingerprint density at radius 2 is 2.05 bits per heavy atom. The van der Waals surface area contributed by atoms with Crippen LogP contribution in [0.2, 0.25) is 0 Å². The number of anilines is 2. The smallest absolute Gasteiger partial charge is 0.226 e. The predicted molar refractivity (Wildman–Crippen MR) is 84.8 cm³/mol. The van der Waals surface area contributed by atoms with E-state index in [0.29, 0.717) is 12.0 Å². The van der Waals surface area contributed by atoms with Crippen molar-refractivity contribution >= 4 is 22.8 Å². The molecule has 0 radical (unpaired) electrons. The minimum Gasteiger partial charge on any atom is -0.357 e. The van der Waals surface area contributed by atoms with E-state index in [-0.39, 0.29) is 0 Å². The van der Waals surface area contributed by atoms with Gasteiger partial charge in [0, 0.05) is 39.3 Å². The Hall–Kier alpha value is -1.89. The summed E-state index contributed by atoms with van der Waals surface area (Å²) in [4.78, 5) is 13.9. The highest BCUT2D eigenvalue weighted by Gasteiger charge is 2.23. The van der Waals surface area contributed by atoms with E-state index in [4.69, 9.17) is 0 Å². The second kappa shape index (κ2) is 5.85. The maximum absolute atomic E-state index is 4.63. The fraction of sp³-hybridized carbons (Fsp3) is 0.643. The minimum absolute atomic E-state index is 0.631. The van der Waals surface area contributed by atoms with E-state index in [9.17, 15) is 0 Å². The number of hydrogen-bond donors (Lipinski definition) is 2. The molecule has 2 aromatic heterocycles. The third kappa shape index (κ3) is 2.65. The van der Waals surface area contributed by atoms with Gasteiger partial charge in [-0.2, -0.15) is 15.1 Å². The lowest BCUT2D eigenvalue weighted by atomic mass is 10.2. The number of piperazine rings is 1. The molecule has 3 heterocycles. The van der Waals surface area contributed by atoms with Crippen LogP contribution in [0, 0.1) is 0 Å². The van der Waals surface area contributed by atoms with Gasteiger partial charge >= 0.3 is 0 Å². The Kier molecular flexibility index (Phi) is 3.92. The zero-order valence-corrected chi connectivity index (χ0v) is 12.9. The highest BCUT2D eigenvalue weighted by Crippen LogP contribution is 2.25. The molecule has 1 saturated heterocycles. The van der Waals surface area contributed by atoms with Crippen LogP contribution < -0.4 is 10.2 Å². The Balaban J connectivity index is 1.83. The van der Waals surface area contributed by atoms with Crippen LogP contribution in [0.4, 0.5) is 11.8 Å². The molecule has 1 atom stereocenters. The first kappa shape index (κ1) is 14.1. The molecular formula is C14H23N7. The molecule has 1 unspecified atom stereocenters. The van der Waals surface area contributed by atoms with Crippen molar-refractivity contribution in [1.29, 1.82) is 0 Å². The van der Waals surface area contributed by atoms with E-state index in [1.54, 1.807) is 0 Å². The predicted octanol–water partition coefficient (Wildman–Crippen LogP) is 1.32. The lowest BCUT2D eigenvalue weighted by Gasteiger charge is -2.38. The maximum Gasteiger partial charge on any atom is 0.226 e. The number of fused-ring (bicyclic) bond motifs is 1. The van der Waals surface area contributed by atoms with Crippen LogP contribution in [0.1, 0.15) is 20.3 Å². The van der Waals surface area contributed by atoms with Crippen LogP contribution in [-0.2, 0) is 0 Å². The third-order valence-corrected chi connectivity index (χ3v) is 4.34. The van der Waals surface area contributed by atoms with Gasteiger partial charge in [0.05, 0.1) is 11.6 Å². The van der Waals surface area contributed by atoms with Crippen molar-refractivity contribution in [2.24, 2.45) is 0 Å². The van der Waals surface area contributed by atoms with Gasteiger partial charge in [-0.1, -0.05) is 6.92 Å². The molecule has 21 heavy (non-hydrogen) atoms. The van der Waals surface area contributed by atoms with Crippen LogP contribution >= 0.6 is 0 Å². The van der Waals surface area contributed by atoms with Crippen LogP contribution in [-0.4, -0.2) is 64.3 Å². The maximum atomic E-state index is 4.63. The SMILES string of the molecule is CCC(C)N1CCN(c2nc(NC)nc3[nH]ncc23)CC1. The normalized spacial score (nSPS) is 18.1. The third-order valence-electron chi connectivity index (χ3n) is 4.34. The summed E-state index contributed by atoms with van der Waals surface area (Å²) in [5.41, 5.74) is 0.786. The average Bonchev–Trinajstić information content (AvgIpc) is 3.01. The molecule has 0 saturated carbocycles. The quantitative estimate of drug-likeness (QED) is 0.884. The summed E-state index contributed by atoms with van der Waals surface area (Å²) in [6.45, 7) is 8.68. The summed E-state index contributed by atoms with van der Waals surface area (Å²) >= 11 is 0. The Morgan fingerprint density at radius 3 is 2.71 bits per heavy atom.